The number of rotatable bonds is 7. The van der Waals surface area contributed by atoms with Gasteiger partial charge in [0.1, 0.15) is 5.75 Å². The van der Waals surface area contributed by atoms with E-state index in [-0.39, 0.29) is 5.97 Å². The lowest BCUT2D eigenvalue weighted by Gasteiger charge is -2.14. The Morgan fingerprint density at radius 1 is 1.23 bits per heavy atom. The average Bonchev–Trinajstić information content (AvgIpc) is 3.36. The van der Waals surface area contributed by atoms with E-state index in [0.717, 1.165) is 48.2 Å². The minimum atomic E-state index is -0.317. The summed E-state index contributed by atoms with van der Waals surface area (Å²) in [5, 5.41) is 4.95. The smallest absolute Gasteiger partial charge is 0.330 e. The van der Waals surface area contributed by atoms with Crippen LogP contribution in [0.25, 0.3) is 16.5 Å². The molecule has 0 fully saturated rings. The average molecular weight is 405 g/mol. The molecule has 2 N–H and O–H groups in total. The third kappa shape index (κ3) is 4.12. The zero-order valence-electron chi connectivity index (χ0n) is 17.7. The minimum Gasteiger partial charge on any atom is -0.497 e. The number of nitrogens with one attached hydrogen (secondary N) is 2. The van der Waals surface area contributed by atoms with Gasteiger partial charge in [-0.15, -0.1) is 0 Å². The van der Waals surface area contributed by atoms with Crippen molar-refractivity contribution in [3.05, 3.63) is 70.9 Å². The number of benzene rings is 2. The van der Waals surface area contributed by atoms with Crippen LogP contribution in [0.3, 0.4) is 0 Å². The Kier molecular flexibility index (Phi) is 5.91. The first-order chi connectivity index (χ1) is 14.6. The van der Waals surface area contributed by atoms with Crippen molar-refractivity contribution in [2.75, 3.05) is 20.8 Å². The standard InChI is InChI=1S/C25H28N2O3/c1-16(12-25(28)30-3)17-4-7-21-18(13-17)5-8-23(21)26-11-10-19-15-27-24-9-6-20(29-2)14-22(19)24/h4,6-7,9,12-15,23,26-27H,5,8,10-11H2,1-3H3. The maximum atomic E-state index is 11.5. The number of aromatic amines is 1. The van der Waals surface area contributed by atoms with Crippen molar-refractivity contribution in [1.29, 1.82) is 0 Å². The van der Waals surface area contributed by atoms with E-state index in [1.165, 1.54) is 29.2 Å². The Morgan fingerprint density at radius 3 is 2.90 bits per heavy atom. The van der Waals surface area contributed by atoms with E-state index in [0.29, 0.717) is 6.04 Å². The van der Waals surface area contributed by atoms with Crippen LogP contribution in [0.1, 0.15) is 41.6 Å². The Morgan fingerprint density at radius 2 is 2.10 bits per heavy atom. The summed E-state index contributed by atoms with van der Waals surface area (Å²) < 4.78 is 10.1. The summed E-state index contributed by atoms with van der Waals surface area (Å²) in [7, 11) is 3.10. The van der Waals surface area contributed by atoms with Crippen molar-refractivity contribution in [1.82, 2.24) is 10.3 Å². The highest BCUT2D eigenvalue weighted by Crippen LogP contribution is 2.33. The first kappa shape index (κ1) is 20.2. The van der Waals surface area contributed by atoms with Gasteiger partial charge in [-0.3, -0.25) is 0 Å². The lowest BCUT2D eigenvalue weighted by Crippen LogP contribution is -2.21. The molecule has 156 valence electrons. The predicted octanol–water partition coefficient (Wildman–Crippen LogP) is 4.57. The maximum absolute atomic E-state index is 11.5. The van der Waals surface area contributed by atoms with Crippen LogP contribution in [0.2, 0.25) is 0 Å². The molecule has 0 spiro atoms. The third-order valence-electron chi connectivity index (χ3n) is 5.97. The van der Waals surface area contributed by atoms with Crippen LogP contribution >= 0.6 is 0 Å². The highest BCUT2D eigenvalue weighted by atomic mass is 16.5. The summed E-state index contributed by atoms with van der Waals surface area (Å²) in [5.41, 5.74) is 7.17. The summed E-state index contributed by atoms with van der Waals surface area (Å²) >= 11 is 0. The van der Waals surface area contributed by atoms with Crippen LogP contribution < -0.4 is 10.1 Å². The van der Waals surface area contributed by atoms with Gasteiger partial charge in [0.25, 0.3) is 0 Å². The Hall–Kier alpha value is -3.05. The number of esters is 1. The number of methoxy groups -OCH3 is 2. The van der Waals surface area contributed by atoms with Gasteiger partial charge >= 0.3 is 5.97 Å². The van der Waals surface area contributed by atoms with Gasteiger partial charge in [0.2, 0.25) is 0 Å². The summed E-state index contributed by atoms with van der Waals surface area (Å²) in [4.78, 5) is 14.8. The fraction of sp³-hybridized carbons (Fsp3) is 0.320. The van der Waals surface area contributed by atoms with Gasteiger partial charge < -0.3 is 19.8 Å². The molecule has 0 radical (unpaired) electrons. The number of carbonyl (C=O) groups excluding carboxylic acids is 1. The molecule has 30 heavy (non-hydrogen) atoms. The number of allylic oxidation sites excluding steroid dienone is 1. The summed E-state index contributed by atoms with van der Waals surface area (Å²) in [6.45, 7) is 2.86. The second-order valence-corrected chi connectivity index (χ2v) is 7.78. The van der Waals surface area contributed by atoms with Crippen LogP contribution in [0, 0.1) is 0 Å². The van der Waals surface area contributed by atoms with Gasteiger partial charge in [-0.1, -0.05) is 18.2 Å². The van der Waals surface area contributed by atoms with E-state index in [2.05, 4.69) is 46.8 Å². The second kappa shape index (κ2) is 8.76. The van der Waals surface area contributed by atoms with E-state index >= 15 is 0 Å². The molecule has 0 bridgehead atoms. The van der Waals surface area contributed by atoms with Crippen molar-refractivity contribution >= 4 is 22.4 Å². The number of fused-ring (bicyclic) bond motifs is 2. The highest BCUT2D eigenvalue weighted by Gasteiger charge is 2.22. The number of hydrogen-bond acceptors (Lipinski definition) is 4. The molecule has 1 aromatic heterocycles. The van der Waals surface area contributed by atoms with Crippen LogP contribution in [-0.4, -0.2) is 31.7 Å². The molecule has 0 amide bonds. The first-order valence-electron chi connectivity index (χ1n) is 10.4. The third-order valence-corrected chi connectivity index (χ3v) is 5.97. The Labute approximate surface area is 177 Å². The van der Waals surface area contributed by atoms with Gasteiger partial charge in [-0.25, -0.2) is 4.79 Å². The SMILES string of the molecule is COC(=O)C=C(C)c1ccc2c(c1)CCC2NCCc1c[nH]c2ccc(OC)cc12. The summed E-state index contributed by atoms with van der Waals surface area (Å²) in [6, 6.07) is 13.0. The molecule has 5 heteroatoms. The van der Waals surface area contributed by atoms with Crippen LogP contribution in [0.15, 0.2) is 48.7 Å². The van der Waals surface area contributed by atoms with Crippen molar-refractivity contribution in [2.24, 2.45) is 0 Å². The normalized spacial score (nSPS) is 16.0. The van der Waals surface area contributed by atoms with Crippen molar-refractivity contribution in [2.45, 2.75) is 32.2 Å². The van der Waals surface area contributed by atoms with E-state index in [9.17, 15) is 4.79 Å². The molecular formula is C25H28N2O3. The fourth-order valence-corrected chi connectivity index (χ4v) is 4.27. The molecule has 1 unspecified atom stereocenters. The number of carbonyl (C=O) groups is 1. The minimum absolute atomic E-state index is 0.317. The quantitative estimate of drug-likeness (QED) is 0.447. The number of hydrogen-bond donors (Lipinski definition) is 2. The number of aromatic nitrogens is 1. The van der Waals surface area contributed by atoms with Gasteiger partial charge in [0, 0.05) is 29.2 Å². The second-order valence-electron chi connectivity index (χ2n) is 7.78. The molecule has 0 saturated carbocycles. The predicted molar refractivity (Wildman–Crippen MR) is 120 cm³/mol. The molecular weight excluding hydrogens is 376 g/mol. The van der Waals surface area contributed by atoms with E-state index < -0.39 is 0 Å². The van der Waals surface area contributed by atoms with Gasteiger partial charge in [0.05, 0.1) is 14.2 Å². The van der Waals surface area contributed by atoms with Crippen molar-refractivity contribution in [3.63, 3.8) is 0 Å². The lowest BCUT2D eigenvalue weighted by atomic mass is 10.00. The van der Waals surface area contributed by atoms with Gasteiger partial charge in [-0.2, -0.15) is 0 Å². The van der Waals surface area contributed by atoms with Crippen molar-refractivity contribution in [3.8, 4) is 5.75 Å². The first-order valence-corrected chi connectivity index (χ1v) is 10.4. The molecule has 1 heterocycles. The highest BCUT2D eigenvalue weighted by molar-refractivity contribution is 5.91. The number of aryl methyl sites for hydroxylation is 1. The molecule has 1 aliphatic rings. The molecule has 1 aliphatic carbocycles. The van der Waals surface area contributed by atoms with E-state index in [1.807, 2.05) is 13.0 Å². The fourth-order valence-electron chi connectivity index (χ4n) is 4.27. The molecule has 5 nitrogen and oxygen atoms in total. The Balaban J connectivity index is 1.41. The number of H-pyrrole nitrogens is 1. The monoisotopic (exact) mass is 404 g/mol. The van der Waals surface area contributed by atoms with E-state index in [1.54, 1.807) is 13.2 Å². The van der Waals surface area contributed by atoms with Crippen molar-refractivity contribution < 1.29 is 14.3 Å². The van der Waals surface area contributed by atoms with Crippen LogP contribution in [-0.2, 0) is 22.4 Å². The maximum Gasteiger partial charge on any atom is 0.330 e. The topological polar surface area (TPSA) is 63.3 Å². The molecule has 4 rings (SSSR count). The lowest BCUT2D eigenvalue weighted by molar-refractivity contribution is -0.134. The molecule has 0 aliphatic heterocycles. The summed E-state index contributed by atoms with van der Waals surface area (Å²) in [5.74, 6) is 0.566. The molecule has 1 atom stereocenters. The van der Waals surface area contributed by atoms with Crippen LogP contribution in [0.4, 0.5) is 0 Å². The van der Waals surface area contributed by atoms with Gasteiger partial charge in [0.15, 0.2) is 0 Å². The number of ether oxygens (including phenoxy) is 2. The summed E-state index contributed by atoms with van der Waals surface area (Å²) in [6.07, 6.45) is 6.74. The van der Waals surface area contributed by atoms with Crippen LogP contribution in [0.5, 0.6) is 5.75 Å². The molecule has 3 aromatic rings. The molecule has 0 saturated heterocycles. The Bertz CT molecular complexity index is 1100. The molecule has 2 aromatic carbocycles. The zero-order valence-corrected chi connectivity index (χ0v) is 17.7. The van der Waals surface area contributed by atoms with E-state index in [4.69, 9.17) is 9.47 Å². The largest absolute Gasteiger partial charge is 0.497 e. The van der Waals surface area contributed by atoms with Gasteiger partial charge in [-0.05, 0) is 78.8 Å². The zero-order chi connectivity index (χ0) is 21.1.